The molecule has 2 aromatic rings. The number of nitrogens with zero attached hydrogens (tertiary/aromatic N) is 3. The van der Waals surface area contributed by atoms with Gasteiger partial charge in [-0.1, -0.05) is 42.5 Å². The summed E-state index contributed by atoms with van der Waals surface area (Å²) in [5.74, 6) is 0.621. The first kappa shape index (κ1) is 22.8. The Morgan fingerprint density at radius 3 is 2.24 bits per heavy atom. The molecular weight excluding hydrogens is 418 g/mol. The Balaban J connectivity index is 1.25. The van der Waals surface area contributed by atoms with Crippen molar-refractivity contribution in [3.63, 3.8) is 0 Å². The number of carbonyl (C=O) groups is 3. The molecule has 0 saturated carbocycles. The first-order chi connectivity index (χ1) is 16.0. The molecule has 0 aromatic heterocycles. The van der Waals surface area contributed by atoms with Crippen LogP contribution in [0, 0.1) is 5.92 Å². The summed E-state index contributed by atoms with van der Waals surface area (Å²) in [7, 11) is 0. The Hall–Kier alpha value is -3.35. The van der Waals surface area contributed by atoms with Crippen LogP contribution in [-0.4, -0.2) is 71.8 Å². The van der Waals surface area contributed by atoms with E-state index in [-0.39, 0.29) is 30.1 Å². The summed E-state index contributed by atoms with van der Waals surface area (Å²) in [6, 6.07) is 17.4. The van der Waals surface area contributed by atoms with Gasteiger partial charge in [0.25, 0.3) is 0 Å². The molecule has 0 radical (unpaired) electrons. The second-order valence-corrected chi connectivity index (χ2v) is 8.62. The third-order valence-electron chi connectivity index (χ3n) is 6.31. The zero-order chi connectivity index (χ0) is 23.2. The van der Waals surface area contributed by atoms with Crippen LogP contribution in [0.25, 0.3) is 0 Å². The fourth-order valence-corrected chi connectivity index (χ4v) is 4.49. The van der Waals surface area contributed by atoms with Crippen LogP contribution in [0.1, 0.15) is 24.5 Å². The summed E-state index contributed by atoms with van der Waals surface area (Å²) in [5, 5.41) is 0. The number of hydrogen-bond acceptors (Lipinski definition) is 4. The molecule has 2 heterocycles. The van der Waals surface area contributed by atoms with Crippen molar-refractivity contribution in [2.45, 2.75) is 26.3 Å². The minimum Gasteiger partial charge on any atom is -0.494 e. The molecule has 1 unspecified atom stereocenters. The Bertz CT molecular complexity index is 969. The minimum atomic E-state index is -0.299. The van der Waals surface area contributed by atoms with Gasteiger partial charge >= 0.3 is 0 Å². The SMILES string of the molecule is CCOc1ccc(CC(=O)N2CCN(C(=O)C3CC(=O)N(Cc4ccccc4)C3)CC2)cc1. The van der Waals surface area contributed by atoms with Crippen molar-refractivity contribution >= 4 is 17.7 Å². The van der Waals surface area contributed by atoms with Gasteiger partial charge in [-0.3, -0.25) is 14.4 Å². The first-order valence-corrected chi connectivity index (χ1v) is 11.6. The lowest BCUT2D eigenvalue weighted by Crippen LogP contribution is -2.52. The second kappa shape index (κ2) is 10.5. The maximum Gasteiger partial charge on any atom is 0.228 e. The molecule has 2 aliphatic heterocycles. The van der Waals surface area contributed by atoms with Crippen LogP contribution in [0.5, 0.6) is 5.75 Å². The molecule has 174 valence electrons. The van der Waals surface area contributed by atoms with Gasteiger partial charge in [0.15, 0.2) is 0 Å². The van der Waals surface area contributed by atoms with E-state index in [1.54, 1.807) is 4.90 Å². The highest BCUT2D eigenvalue weighted by Gasteiger charge is 2.37. The zero-order valence-corrected chi connectivity index (χ0v) is 19.1. The molecule has 4 rings (SSSR count). The van der Waals surface area contributed by atoms with Crippen LogP contribution in [0.3, 0.4) is 0 Å². The number of likely N-dealkylation sites (tertiary alicyclic amines) is 1. The van der Waals surface area contributed by atoms with E-state index in [2.05, 4.69) is 0 Å². The van der Waals surface area contributed by atoms with Gasteiger partial charge in [-0.05, 0) is 30.2 Å². The standard InChI is InChI=1S/C26H31N3O4/c1-2-33-23-10-8-20(9-11-23)16-24(30)27-12-14-28(15-13-27)26(32)22-17-25(31)29(19-22)18-21-6-4-3-5-7-21/h3-11,22H,2,12-19H2,1H3. The van der Waals surface area contributed by atoms with Crippen LogP contribution in [-0.2, 0) is 27.3 Å². The van der Waals surface area contributed by atoms with E-state index in [1.165, 1.54) is 0 Å². The van der Waals surface area contributed by atoms with Crippen LogP contribution in [0.15, 0.2) is 54.6 Å². The molecule has 3 amide bonds. The van der Waals surface area contributed by atoms with Gasteiger partial charge in [0.2, 0.25) is 17.7 Å². The third kappa shape index (κ3) is 5.72. The second-order valence-electron chi connectivity index (χ2n) is 8.62. The maximum atomic E-state index is 13.0. The lowest BCUT2D eigenvalue weighted by atomic mass is 10.1. The Morgan fingerprint density at radius 2 is 1.58 bits per heavy atom. The van der Waals surface area contributed by atoms with Crippen molar-refractivity contribution in [2.24, 2.45) is 5.92 Å². The van der Waals surface area contributed by atoms with Crippen molar-refractivity contribution in [2.75, 3.05) is 39.3 Å². The van der Waals surface area contributed by atoms with Gasteiger partial charge in [-0.15, -0.1) is 0 Å². The zero-order valence-electron chi connectivity index (χ0n) is 19.1. The Kier molecular flexibility index (Phi) is 7.27. The smallest absolute Gasteiger partial charge is 0.228 e. The largest absolute Gasteiger partial charge is 0.494 e. The molecule has 7 nitrogen and oxygen atoms in total. The van der Waals surface area contributed by atoms with Crippen molar-refractivity contribution in [1.82, 2.24) is 14.7 Å². The van der Waals surface area contributed by atoms with Crippen molar-refractivity contribution < 1.29 is 19.1 Å². The fourth-order valence-electron chi connectivity index (χ4n) is 4.49. The number of ether oxygens (including phenoxy) is 1. The number of hydrogen-bond donors (Lipinski definition) is 0. The predicted molar refractivity (Wildman–Crippen MR) is 124 cm³/mol. The maximum absolute atomic E-state index is 13.0. The molecule has 1 atom stereocenters. The molecule has 0 aliphatic carbocycles. The monoisotopic (exact) mass is 449 g/mol. The molecule has 0 spiro atoms. The minimum absolute atomic E-state index is 0.0255. The van der Waals surface area contributed by atoms with Crippen molar-refractivity contribution in [1.29, 1.82) is 0 Å². The van der Waals surface area contributed by atoms with Gasteiger partial charge in [0, 0.05) is 45.7 Å². The molecule has 2 aliphatic rings. The quantitative estimate of drug-likeness (QED) is 0.651. The highest BCUT2D eigenvalue weighted by molar-refractivity contribution is 5.89. The molecule has 0 N–H and O–H groups in total. The number of piperazine rings is 1. The van der Waals surface area contributed by atoms with E-state index in [0.29, 0.717) is 52.3 Å². The van der Waals surface area contributed by atoms with E-state index < -0.39 is 0 Å². The Labute approximate surface area is 194 Å². The van der Waals surface area contributed by atoms with Gasteiger partial charge in [-0.25, -0.2) is 0 Å². The van der Waals surface area contributed by atoms with E-state index >= 15 is 0 Å². The van der Waals surface area contributed by atoms with Gasteiger partial charge in [0.05, 0.1) is 18.9 Å². The molecule has 2 fully saturated rings. The molecule has 2 aromatic carbocycles. The number of rotatable bonds is 7. The van der Waals surface area contributed by atoms with E-state index in [9.17, 15) is 14.4 Å². The van der Waals surface area contributed by atoms with E-state index in [1.807, 2.05) is 71.3 Å². The summed E-state index contributed by atoms with van der Waals surface area (Å²) in [6.45, 7) is 5.62. The Morgan fingerprint density at radius 1 is 0.909 bits per heavy atom. The summed E-state index contributed by atoms with van der Waals surface area (Å²) < 4.78 is 5.44. The molecular formula is C26H31N3O4. The van der Waals surface area contributed by atoms with Crippen LogP contribution in [0.4, 0.5) is 0 Å². The summed E-state index contributed by atoms with van der Waals surface area (Å²) in [6.07, 6.45) is 0.606. The summed E-state index contributed by atoms with van der Waals surface area (Å²) >= 11 is 0. The average Bonchev–Trinajstić information content (AvgIpc) is 3.20. The fraction of sp³-hybridized carbons (Fsp3) is 0.423. The van der Waals surface area contributed by atoms with Gasteiger partial charge in [0.1, 0.15) is 5.75 Å². The number of benzene rings is 2. The average molecular weight is 450 g/mol. The first-order valence-electron chi connectivity index (χ1n) is 11.6. The molecule has 0 bridgehead atoms. The molecule has 2 saturated heterocycles. The predicted octanol–water partition coefficient (Wildman–Crippen LogP) is 2.35. The van der Waals surface area contributed by atoms with Crippen LogP contribution < -0.4 is 4.74 Å². The molecule has 33 heavy (non-hydrogen) atoms. The van der Waals surface area contributed by atoms with E-state index in [0.717, 1.165) is 16.9 Å². The highest BCUT2D eigenvalue weighted by Crippen LogP contribution is 2.23. The van der Waals surface area contributed by atoms with Crippen molar-refractivity contribution in [3.05, 3.63) is 65.7 Å². The summed E-state index contributed by atoms with van der Waals surface area (Å²) in [4.78, 5) is 43.6. The van der Waals surface area contributed by atoms with Gasteiger partial charge in [-0.2, -0.15) is 0 Å². The number of amides is 3. The van der Waals surface area contributed by atoms with Crippen LogP contribution in [0.2, 0.25) is 0 Å². The third-order valence-corrected chi connectivity index (χ3v) is 6.31. The lowest BCUT2D eigenvalue weighted by molar-refractivity contribution is -0.141. The number of carbonyl (C=O) groups excluding carboxylic acids is 3. The van der Waals surface area contributed by atoms with Crippen molar-refractivity contribution in [3.8, 4) is 5.75 Å². The van der Waals surface area contributed by atoms with E-state index in [4.69, 9.17) is 4.74 Å². The summed E-state index contributed by atoms with van der Waals surface area (Å²) in [5.41, 5.74) is 2.02. The topological polar surface area (TPSA) is 70.2 Å². The van der Waals surface area contributed by atoms with Gasteiger partial charge < -0.3 is 19.4 Å². The lowest BCUT2D eigenvalue weighted by Gasteiger charge is -2.36. The molecule has 7 heteroatoms. The van der Waals surface area contributed by atoms with Crippen LogP contribution >= 0.6 is 0 Å². The normalized spacial score (nSPS) is 18.5. The highest BCUT2D eigenvalue weighted by atomic mass is 16.5.